The Labute approximate surface area is 134 Å². The van der Waals surface area contributed by atoms with Crippen LogP contribution in [0.15, 0.2) is 36.4 Å². The van der Waals surface area contributed by atoms with E-state index in [9.17, 15) is 9.18 Å². The molecular formula is C18H17ClFNO. The molecule has 1 amide bonds. The third-order valence-corrected chi connectivity index (χ3v) is 4.50. The summed E-state index contributed by atoms with van der Waals surface area (Å²) >= 11 is 6.02. The van der Waals surface area contributed by atoms with Crippen molar-refractivity contribution in [1.82, 2.24) is 4.90 Å². The zero-order valence-electron chi connectivity index (χ0n) is 12.4. The number of aryl methyl sites for hydroxylation is 2. The highest BCUT2D eigenvalue weighted by atomic mass is 35.5. The van der Waals surface area contributed by atoms with E-state index in [1.165, 1.54) is 22.1 Å². The van der Waals surface area contributed by atoms with Crippen LogP contribution in [0.4, 0.5) is 4.39 Å². The Morgan fingerprint density at radius 1 is 1.23 bits per heavy atom. The number of nitrogens with zero attached hydrogens (tertiary/aromatic N) is 1. The summed E-state index contributed by atoms with van der Waals surface area (Å²) in [6.45, 7) is 0.154. The first kappa shape index (κ1) is 15.0. The van der Waals surface area contributed by atoms with E-state index in [-0.39, 0.29) is 18.3 Å². The average molecular weight is 318 g/mol. The smallest absolute Gasteiger partial charge is 0.253 e. The minimum atomic E-state index is -0.388. The Bertz CT molecular complexity index is 709. The first-order chi connectivity index (χ1) is 10.6. The molecule has 0 spiro atoms. The highest BCUT2D eigenvalue weighted by Crippen LogP contribution is 2.24. The lowest BCUT2D eigenvalue weighted by Gasteiger charge is -2.19. The number of hydrogen-bond donors (Lipinski definition) is 0. The van der Waals surface area contributed by atoms with Gasteiger partial charge in [0.1, 0.15) is 5.82 Å². The molecule has 22 heavy (non-hydrogen) atoms. The van der Waals surface area contributed by atoms with Crippen LogP contribution < -0.4 is 0 Å². The van der Waals surface area contributed by atoms with E-state index in [1.54, 1.807) is 19.2 Å². The van der Waals surface area contributed by atoms with E-state index in [2.05, 4.69) is 0 Å². The van der Waals surface area contributed by atoms with Gasteiger partial charge in [-0.2, -0.15) is 0 Å². The van der Waals surface area contributed by atoms with Gasteiger partial charge in [-0.15, -0.1) is 0 Å². The molecule has 0 saturated heterocycles. The number of benzene rings is 2. The highest BCUT2D eigenvalue weighted by molar-refractivity contribution is 6.31. The number of carbonyl (C=O) groups is 1. The number of rotatable bonds is 3. The SMILES string of the molecule is CN(Cc1c(F)cccc1Cl)C(=O)c1ccc2c(c1)CCC2. The van der Waals surface area contributed by atoms with Crippen molar-refractivity contribution in [1.29, 1.82) is 0 Å². The minimum Gasteiger partial charge on any atom is -0.337 e. The second kappa shape index (κ2) is 6.09. The van der Waals surface area contributed by atoms with Crippen LogP contribution in [0.25, 0.3) is 0 Å². The van der Waals surface area contributed by atoms with Crippen LogP contribution in [0.2, 0.25) is 5.02 Å². The molecule has 2 aromatic rings. The van der Waals surface area contributed by atoms with E-state index in [1.807, 2.05) is 18.2 Å². The van der Waals surface area contributed by atoms with Crippen molar-refractivity contribution >= 4 is 17.5 Å². The van der Waals surface area contributed by atoms with Crippen LogP contribution in [0.3, 0.4) is 0 Å². The molecule has 0 bridgehead atoms. The van der Waals surface area contributed by atoms with Crippen LogP contribution in [0, 0.1) is 5.82 Å². The van der Waals surface area contributed by atoms with Gasteiger partial charge in [-0.1, -0.05) is 23.7 Å². The maximum atomic E-state index is 13.8. The Morgan fingerprint density at radius 3 is 2.77 bits per heavy atom. The molecule has 114 valence electrons. The van der Waals surface area contributed by atoms with Gasteiger partial charge in [-0.05, 0) is 54.7 Å². The third-order valence-electron chi connectivity index (χ3n) is 4.15. The fourth-order valence-corrected chi connectivity index (χ4v) is 3.14. The first-order valence-electron chi connectivity index (χ1n) is 7.36. The summed E-state index contributed by atoms with van der Waals surface area (Å²) in [6, 6.07) is 10.4. The molecule has 0 N–H and O–H groups in total. The number of halogens is 2. The Morgan fingerprint density at radius 2 is 2.00 bits per heavy atom. The van der Waals surface area contributed by atoms with Gasteiger partial charge in [-0.3, -0.25) is 4.79 Å². The van der Waals surface area contributed by atoms with Gasteiger partial charge in [0, 0.05) is 29.7 Å². The second-order valence-corrected chi connectivity index (χ2v) is 6.11. The molecule has 0 atom stereocenters. The van der Waals surface area contributed by atoms with E-state index >= 15 is 0 Å². The molecule has 0 saturated carbocycles. The Balaban J connectivity index is 1.80. The van der Waals surface area contributed by atoms with E-state index in [0.717, 1.165) is 19.3 Å². The standard InChI is InChI=1S/C18H17ClFNO/c1-21(11-15-16(19)6-3-7-17(15)20)18(22)14-9-8-12-4-2-5-13(12)10-14/h3,6-10H,2,4-5,11H2,1H3. The highest BCUT2D eigenvalue weighted by Gasteiger charge is 2.18. The summed E-state index contributed by atoms with van der Waals surface area (Å²) in [5, 5.41) is 0.341. The maximum Gasteiger partial charge on any atom is 0.253 e. The van der Waals surface area contributed by atoms with Gasteiger partial charge in [0.05, 0.1) is 0 Å². The summed E-state index contributed by atoms with van der Waals surface area (Å²) in [6.07, 6.45) is 3.26. The first-order valence-corrected chi connectivity index (χ1v) is 7.74. The normalized spacial score (nSPS) is 13.0. The van der Waals surface area contributed by atoms with Gasteiger partial charge >= 0.3 is 0 Å². The molecule has 4 heteroatoms. The van der Waals surface area contributed by atoms with Gasteiger partial charge in [0.15, 0.2) is 0 Å². The predicted octanol–water partition coefficient (Wildman–Crippen LogP) is 4.24. The van der Waals surface area contributed by atoms with Crippen LogP contribution in [0.1, 0.15) is 33.5 Å². The fraction of sp³-hybridized carbons (Fsp3) is 0.278. The lowest BCUT2D eigenvalue weighted by Crippen LogP contribution is -2.27. The number of fused-ring (bicyclic) bond motifs is 1. The van der Waals surface area contributed by atoms with Crippen molar-refractivity contribution in [2.45, 2.75) is 25.8 Å². The maximum absolute atomic E-state index is 13.8. The number of carbonyl (C=O) groups excluding carboxylic acids is 1. The number of amides is 1. The van der Waals surface area contributed by atoms with Gasteiger partial charge in [-0.25, -0.2) is 4.39 Å². The molecule has 0 heterocycles. The topological polar surface area (TPSA) is 20.3 Å². The van der Waals surface area contributed by atoms with Crippen LogP contribution in [0.5, 0.6) is 0 Å². The van der Waals surface area contributed by atoms with Crippen LogP contribution in [-0.2, 0) is 19.4 Å². The Hall–Kier alpha value is -1.87. The molecule has 0 fully saturated rings. The van der Waals surface area contributed by atoms with E-state index in [0.29, 0.717) is 16.1 Å². The van der Waals surface area contributed by atoms with Crippen LogP contribution in [-0.4, -0.2) is 17.9 Å². The molecule has 0 aliphatic heterocycles. The quantitative estimate of drug-likeness (QED) is 0.829. The largest absolute Gasteiger partial charge is 0.337 e. The van der Waals surface area contributed by atoms with Gasteiger partial charge < -0.3 is 4.90 Å². The van der Waals surface area contributed by atoms with E-state index < -0.39 is 0 Å². The summed E-state index contributed by atoms with van der Waals surface area (Å²) < 4.78 is 13.8. The molecule has 0 radical (unpaired) electrons. The second-order valence-electron chi connectivity index (χ2n) is 5.70. The molecule has 1 aliphatic carbocycles. The van der Waals surface area contributed by atoms with Crippen molar-refractivity contribution in [3.05, 3.63) is 69.5 Å². The zero-order chi connectivity index (χ0) is 15.7. The lowest BCUT2D eigenvalue weighted by atomic mass is 10.1. The molecule has 1 aliphatic rings. The van der Waals surface area contributed by atoms with Gasteiger partial charge in [0.2, 0.25) is 0 Å². The molecule has 3 rings (SSSR count). The summed E-state index contributed by atoms with van der Waals surface area (Å²) in [4.78, 5) is 14.0. The van der Waals surface area contributed by atoms with Gasteiger partial charge in [0.25, 0.3) is 5.91 Å². The summed E-state index contributed by atoms with van der Waals surface area (Å²) in [5.41, 5.74) is 3.58. The minimum absolute atomic E-state index is 0.117. The van der Waals surface area contributed by atoms with Crippen molar-refractivity contribution in [3.8, 4) is 0 Å². The van der Waals surface area contributed by atoms with Crippen molar-refractivity contribution in [2.24, 2.45) is 0 Å². The number of hydrogen-bond acceptors (Lipinski definition) is 1. The molecule has 2 aromatic carbocycles. The predicted molar refractivity (Wildman–Crippen MR) is 85.7 cm³/mol. The molecule has 2 nitrogen and oxygen atoms in total. The lowest BCUT2D eigenvalue weighted by molar-refractivity contribution is 0.0784. The molecule has 0 aromatic heterocycles. The third kappa shape index (κ3) is 2.86. The summed E-state index contributed by atoms with van der Waals surface area (Å²) in [7, 11) is 1.67. The monoisotopic (exact) mass is 317 g/mol. The Kier molecular flexibility index (Phi) is 4.16. The molecule has 0 unspecified atom stereocenters. The van der Waals surface area contributed by atoms with E-state index in [4.69, 9.17) is 11.6 Å². The van der Waals surface area contributed by atoms with Crippen molar-refractivity contribution in [2.75, 3.05) is 7.05 Å². The van der Waals surface area contributed by atoms with Crippen molar-refractivity contribution < 1.29 is 9.18 Å². The van der Waals surface area contributed by atoms with Crippen LogP contribution >= 0.6 is 11.6 Å². The van der Waals surface area contributed by atoms with Crippen molar-refractivity contribution in [3.63, 3.8) is 0 Å². The zero-order valence-corrected chi connectivity index (χ0v) is 13.2. The average Bonchev–Trinajstić information content (AvgIpc) is 2.97. The molecular weight excluding hydrogens is 301 g/mol. The summed E-state index contributed by atoms with van der Waals surface area (Å²) in [5.74, 6) is -0.505. The fourth-order valence-electron chi connectivity index (χ4n) is 2.92.